The first-order valence-corrected chi connectivity index (χ1v) is 3.83. The van der Waals surface area contributed by atoms with Crippen LogP contribution in [0.4, 0.5) is 0 Å². The van der Waals surface area contributed by atoms with E-state index in [0.29, 0.717) is 5.89 Å². The minimum atomic E-state index is -0.217. The van der Waals surface area contributed by atoms with E-state index in [4.69, 9.17) is 4.42 Å². The van der Waals surface area contributed by atoms with Gasteiger partial charge in [0.2, 0.25) is 5.76 Å². The molecule has 4 nitrogen and oxygen atoms in total. The van der Waals surface area contributed by atoms with E-state index in [-0.39, 0.29) is 17.7 Å². The van der Waals surface area contributed by atoms with Crippen molar-refractivity contribution in [3.63, 3.8) is 0 Å². The van der Waals surface area contributed by atoms with Crippen molar-refractivity contribution in [3.05, 3.63) is 17.8 Å². The SMILES string of the molecule is Cc1ncc(C(=O)NC(C)C)o1. The Morgan fingerprint density at radius 3 is 2.75 bits per heavy atom. The normalized spacial score (nSPS) is 10.3. The zero-order chi connectivity index (χ0) is 9.14. The minimum absolute atomic E-state index is 0.114. The number of amides is 1. The molecule has 0 aromatic carbocycles. The summed E-state index contributed by atoms with van der Waals surface area (Å²) in [6.07, 6.45) is 1.42. The predicted octanol–water partition coefficient (Wildman–Crippen LogP) is 1.12. The highest BCUT2D eigenvalue weighted by Gasteiger charge is 2.10. The first-order valence-electron chi connectivity index (χ1n) is 3.83. The van der Waals surface area contributed by atoms with Gasteiger partial charge >= 0.3 is 0 Å². The van der Waals surface area contributed by atoms with Gasteiger partial charge in [-0.05, 0) is 13.8 Å². The lowest BCUT2D eigenvalue weighted by Gasteiger charge is -2.04. The molecule has 1 rings (SSSR count). The number of nitrogens with zero attached hydrogens (tertiary/aromatic N) is 1. The Morgan fingerprint density at radius 2 is 2.33 bits per heavy atom. The fourth-order valence-electron chi connectivity index (χ4n) is 0.800. The summed E-state index contributed by atoms with van der Waals surface area (Å²) in [5, 5.41) is 2.70. The molecule has 1 aromatic rings. The van der Waals surface area contributed by atoms with E-state index in [0.717, 1.165) is 0 Å². The van der Waals surface area contributed by atoms with Crippen LogP contribution in [0.5, 0.6) is 0 Å². The fourth-order valence-corrected chi connectivity index (χ4v) is 0.800. The number of rotatable bonds is 2. The van der Waals surface area contributed by atoms with E-state index < -0.39 is 0 Å². The zero-order valence-corrected chi connectivity index (χ0v) is 7.42. The fraction of sp³-hybridized carbons (Fsp3) is 0.500. The molecule has 4 heteroatoms. The maximum atomic E-state index is 11.2. The second-order valence-electron chi connectivity index (χ2n) is 2.87. The first-order chi connectivity index (χ1) is 5.59. The molecule has 0 aliphatic heterocycles. The van der Waals surface area contributed by atoms with Crippen LogP contribution in [0.15, 0.2) is 10.6 Å². The Bertz CT molecular complexity index is 278. The third-order valence-electron chi connectivity index (χ3n) is 1.26. The van der Waals surface area contributed by atoms with Crippen molar-refractivity contribution < 1.29 is 9.21 Å². The number of nitrogens with one attached hydrogen (secondary N) is 1. The molecule has 0 fully saturated rings. The van der Waals surface area contributed by atoms with E-state index in [1.165, 1.54) is 6.20 Å². The molecule has 0 spiro atoms. The van der Waals surface area contributed by atoms with Crippen molar-refractivity contribution in [2.75, 3.05) is 0 Å². The van der Waals surface area contributed by atoms with Gasteiger partial charge < -0.3 is 9.73 Å². The maximum Gasteiger partial charge on any atom is 0.288 e. The van der Waals surface area contributed by atoms with E-state index in [1.807, 2.05) is 13.8 Å². The molecule has 0 atom stereocenters. The topological polar surface area (TPSA) is 55.1 Å². The van der Waals surface area contributed by atoms with Gasteiger partial charge in [0.25, 0.3) is 5.91 Å². The van der Waals surface area contributed by atoms with Gasteiger partial charge in [-0.3, -0.25) is 4.79 Å². The van der Waals surface area contributed by atoms with Crippen LogP contribution in [-0.4, -0.2) is 16.9 Å². The Balaban J connectivity index is 2.65. The predicted molar refractivity (Wildman–Crippen MR) is 43.8 cm³/mol. The van der Waals surface area contributed by atoms with Gasteiger partial charge in [0.15, 0.2) is 5.89 Å². The number of aryl methyl sites for hydroxylation is 1. The summed E-state index contributed by atoms with van der Waals surface area (Å²) in [7, 11) is 0. The van der Waals surface area contributed by atoms with E-state index in [2.05, 4.69) is 10.3 Å². The molecule has 0 unspecified atom stereocenters. The highest BCUT2D eigenvalue weighted by molar-refractivity contribution is 5.91. The summed E-state index contributed by atoms with van der Waals surface area (Å²) in [5.74, 6) is 0.552. The molecule has 12 heavy (non-hydrogen) atoms. The zero-order valence-electron chi connectivity index (χ0n) is 7.42. The van der Waals surface area contributed by atoms with Gasteiger partial charge in [0.1, 0.15) is 0 Å². The Morgan fingerprint density at radius 1 is 1.67 bits per heavy atom. The van der Waals surface area contributed by atoms with Crippen LogP contribution in [-0.2, 0) is 0 Å². The third-order valence-corrected chi connectivity index (χ3v) is 1.26. The first kappa shape index (κ1) is 8.77. The molecule has 0 saturated carbocycles. The lowest BCUT2D eigenvalue weighted by atomic mass is 10.3. The van der Waals surface area contributed by atoms with Gasteiger partial charge in [-0.2, -0.15) is 0 Å². The second kappa shape index (κ2) is 3.38. The lowest BCUT2D eigenvalue weighted by Crippen LogP contribution is -2.29. The molecule has 1 heterocycles. The van der Waals surface area contributed by atoms with Crippen LogP contribution < -0.4 is 5.32 Å². The largest absolute Gasteiger partial charge is 0.436 e. The Kier molecular flexibility index (Phi) is 2.47. The van der Waals surface area contributed by atoms with Crippen LogP contribution in [0.25, 0.3) is 0 Å². The molecular formula is C8H12N2O2. The summed E-state index contributed by atoms with van der Waals surface area (Å²) >= 11 is 0. The summed E-state index contributed by atoms with van der Waals surface area (Å²) in [6.45, 7) is 5.48. The van der Waals surface area contributed by atoms with Crippen molar-refractivity contribution in [2.45, 2.75) is 26.8 Å². The maximum absolute atomic E-state index is 11.2. The van der Waals surface area contributed by atoms with Crippen molar-refractivity contribution in [2.24, 2.45) is 0 Å². The molecule has 1 aromatic heterocycles. The van der Waals surface area contributed by atoms with Crippen LogP contribution in [0.1, 0.15) is 30.3 Å². The van der Waals surface area contributed by atoms with E-state index in [1.54, 1.807) is 6.92 Å². The van der Waals surface area contributed by atoms with Crippen LogP contribution in [0, 0.1) is 6.92 Å². The van der Waals surface area contributed by atoms with Crippen LogP contribution in [0.2, 0.25) is 0 Å². The average Bonchev–Trinajstić information content (AvgIpc) is 2.34. The lowest BCUT2D eigenvalue weighted by molar-refractivity contribution is 0.0914. The van der Waals surface area contributed by atoms with Crippen molar-refractivity contribution in [1.82, 2.24) is 10.3 Å². The van der Waals surface area contributed by atoms with Crippen LogP contribution in [0.3, 0.4) is 0 Å². The van der Waals surface area contributed by atoms with Gasteiger partial charge in [0.05, 0.1) is 6.20 Å². The van der Waals surface area contributed by atoms with Gasteiger partial charge in [-0.25, -0.2) is 4.98 Å². The van der Waals surface area contributed by atoms with Crippen molar-refractivity contribution in [1.29, 1.82) is 0 Å². The number of hydrogen-bond donors (Lipinski definition) is 1. The molecule has 1 N–H and O–H groups in total. The minimum Gasteiger partial charge on any atom is -0.436 e. The monoisotopic (exact) mass is 168 g/mol. The number of hydrogen-bond acceptors (Lipinski definition) is 3. The van der Waals surface area contributed by atoms with Gasteiger partial charge in [-0.15, -0.1) is 0 Å². The summed E-state index contributed by atoms with van der Waals surface area (Å²) in [6, 6.07) is 0.114. The standard InChI is InChI=1S/C8H12N2O2/c1-5(2)10-8(11)7-4-9-6(3)12-7/h4-5H,1-3H3,(H,10,11). The molecular weight excluding hydrogens is 156 g/mol. The number of carbonyl (C=O) groups excluding carboxylic acids is 1. The van der Waals surface area contributed by atoms with E-state index in [9.17, 15) is 4.79 Å². The molecule has 0 bridgehead atoms. The van der Waals surface area contributed by atoms with Gasteiger partial charge in [0, 0.05) is 13.0 Å². The summed E-state index contributed by atoms with van der Waals surface area (Å²) in [5.41, 5.74) is 0. The third kappa shape index (κ3) is 2.08. The Hall–Kier alpha value is -1.32. The molecule has 66 valence electrons. The molecule has 1 amide bonds. The Labute approximate surface area is 71.0 Å². The summed E-state index contributed by atoms with van der Waals surface area (Å²) < 4.78 is 5.02. The summed E-state index contributed by atoms with van der Waals surface area (Å²) in [4.78, 5) is 15.0. The van der Waals surface area contributed by atoms with Crippen molar-refractivity contribution in [3.8, 4) is 0 Å². The second-order valence-corrected chi connectivity index (χ2v) is 2.87. The van der Waals surface area contributed by atoms with E-state index >= 15 is 0 Å². The molecule has 0 saturated heterocycles. The quantitative estimate of drug-likeness (QED) is 0.720. The molecule has 0 radical (unpaired) electrons. The smallest absolute Gasteiger partial charge is 0.288 e. The number of aromatic nitrogens is 1. The highest BCUT2D eigenvalue weighted by Crippen LogP contribution is 2.01. The van der Waals surface area contributed by atoms with Crippen molar-refractivity contribution >= 4 is 5.91 Å². The highest BCUT2D eigenvalue weighted by atomic mass is 16.4. The molecule has 0 aliphatic carbocycles. The van der Waals surface area contributed by atoms with Crippen LogP contribution >= 0.6 is 0 Å². The number of carbonyl (C=O) groups is 1. The number of oxazole rings is 1. The van der Waals surface area contributed by atoms with Gasteiger partial charge in [-0.1, -0.05) is 0 Å². The average molecular weight is 168 g/mol. The molecule has 0 aliphatic rings.